The predicted molar refractivity (Wildman–Crippen MR) is 93.8 cm³/mol. The molecular weight excluding hydrogens is 336 g/mol. The van der Waals surface area contributed by atoms with Crippen LogP contribution in [0.5, 0.6) is 5.75 Å². The van der Waals surface area contributed by atoms with Crippen LogP contribution in [0.4, 0.5) is 0 Å². The highest BCUT2D eigenvalue weighted by Crippen LogP contribution is 2.39. The molecule has 0 bridgehead atoms. The molecule has 7 nitrogen and oxygen atoms in total. The molecule has 0 fully saturated rings. The third-order valence-corrected chi connectivity index (χ3v) is 3.87. The van der Waals surface area contributed by atoms with Gasteiger partial charge < -0.3 is 24.7 Å². The monoisotopic (exact) mass is 358 g/mol. The number of carbonyl (C=O) groups is 1. The lowest BCUT2D eigenvalue weighted by Gasteiger charge is -2.27. The molecule has 0 spiro atoms. The number of nitriles is 1. The lowest BCUT2D eigenvalue weighted by Crippen LogP contribution is -2.26. The Hall–Kier alpha value is -2.98. The highest BCUT2D eigenvalue weighted by molar-refractivity contribution is 5.92. The van der Waals surface area contributed by atoms with Gasteiger partial charge in [-0.3, -0.25) is 0 Å². The molecule has 26 heavy (non-hydrogen) atoms. The van der Waals surface area contributed by atoms with Crippen LogP contribution in [-0.2, 0) is 19.0 Å². The van der Waals surface area contributed by atoms with E-state index in [0.29, 0.717) is 23.7 Å². The second kappa shape index (κ2) is 8.92. The van der Waals surface area contributed by atoms with Crippen molar-refractivity contribution in [3.05, 3.63) is 52.6 Å². The van der Waals surface area contributed by atoms with E-state index < -0.39 is 11.9 Å². The summed E-state index contributed by atoms with van der Waals surface area (Å²) in [5.41, 5.74) is 7.00. The third kappa shape index (κ3) is 4.16. The Balaban J connectivity index is 2.41. The van der Waals surface area contributed by atoms with Crippen LogP contribution in [0, 0.1) is 11.3 Å². The van der Waals surface area contributed by atoms with Crippen LogP contribution in [-0.4, -0.2) is 32.9 Å². The molecule has 0 radical (unpaired) electrons. The number of hydrogen-bond donors (Lipinski definition) is 1. The molecule has 2 N–H and O–H groups in total. The first-order valence-corrected chi connectivity index (χ1v) is 8.20. The first-order chi connectivity index (χ1) is 12.5. The Labute approximate surface area is 152 Å². The van der Waals surface area contributed by atoms with Crippen molar-refractivity contribution in [3.8, 4) is 11.8 Å². The molecule has 1 aromatic carbocycles. The van der Waals surface area contributed by atoms with Crippen molar-refractivity contribution < 1.29 is 23.7 Å². The summed E-state index contributed by atoms with van der Waals surface area (Å²) < 4.78 is 21.0. The van der Waals surface area contributed by atoms with E-state index in [1.165, 1.54) is 7.11 Å². The van der Waals surface area contributed by atoms with E-state index in [0.717, 1.165) is 0 Å². The van der Waals surface area contributed by atoms with E-state index in [2.05, 4.69) is 0 Å². The number of carbonyl (C=O) groups excluding carboxylic acids is 1. The van der Waals surface area contributed by atoms with Crippen LogP contribution < -0.4 is 10.5 Å². The van der Waals surface area contributed by atoms with Gasteiger partial charge in [0.1, 0.15) is 29.8 Å². The average molecular weight is 358 g/mol. The second-order valence-corrected chi connectivity index (χ2v) is 5.53. The highest BCUT2D eigenvalue weighted by atomic mass is 16.6. The van der Waals surface area contributed by atoms with Gasteiger partial charge in [0.05, 0.1) is 24.7 Å². The maximum Gasteiger partial charge on any atom is 0.338 e. The number of nitrogens with two attached hydrogens (primary N) is 1. The maximum atomic E-state index is 12.6. The maximum absolute atomic E-state index is 12.6. The average Bonchev–Trinajstić information content (AvgIpc) is 2.62. The first-order valence-electron chi connectivity index (χ1n) is 8.20. The van der Waals surface area contributed by atoms with Crippen molar-refractivity contribution >= 4 is 5.97 Å². The van der Waals surface area contributed by atoms with Crippen molar-refractivity contribution in [1.29, 1.82) is 5.26 Å². The first kappa shape index (κ1) is 19.3. The van der Waals surface area contributed by atoms with Crippen molar-refractivity contribution in [3.63, 3.8) is 0 Å². The number of benzene rings is 1. The van der Waals surface area contributed by atoms with E-state index in [9.17, 15) is 10.1 Å². The number of methoxy groups -OCH3 is 1. The molecule has 1 aromatic rings. The van der Waals surface area contributed by atoms with Crippen LogP contribution in [0.2, 0.25) is 0 Å². The minimum Gasteiger partial charge on any atom is -0.494 e. The van der Waals surface area contributed by atoms with Crippen molar-refractivity contribution in [2.75, 3.05) is 26.9 Å². The smallest absolute Gasteiger partial charge is 0.338 e. The summed E-state index contributed by atoms with van der Waals surface area (Å²) in [5, 5.41) is 9.54. The largest absolute Gasteiger partial charge is 0.494 e. The molecule has 7 heteroatoms. The van der Waals surface area contributed by atoms with Crippen molar-refractivity contribution in [2.24, 2.45) is 5.73 Å². The highest BCUT2D eigenvalue weighted by Gasteiger charge is 2.36. The van der Waals surface area contributed by atoms with E-state index in [-0.39, 0.29) is 30.2 Å². The lowest BCUT2D eigenvalue weighted by molar-refractivity contribution is -0.140. The minimum absolute atomic E-state index is 0.0164. The van der Waals surface area contributed by atoms with E-state index in [1.807, 2.05) is 13.0 Å². The molecule has 2 rings (SSSR count). The number of nitrogens with zero attached hydrogens (tertiary/aromatic N) is 1. The molecule has 0 aromatic heterocycles. The summed E-state index contributed by atoms with van der Waals surface area (Å²) in [7, 11) is 1.52. The zero-order valence-corrected chi connectivity index (χ0v) is 15.1. The van der Waals surface area contributed by atoms with Crippen LogP contribution >= 0.6 is 0 Å². The van der Waals surface area contributed by atoms with Gasteiger partial charge >= 0.3 is 5.97 Å². The van der Waals surface area contributed by atoms with Crippen molar-refractivity contribution in [2.45, 2.75) is 19.8 Å². The van der Waals surface area contributed by atoms with Gasteiger partial charge in [-0.25, -0.2) is 4.79 Å². The summed E-state index contributed by atoms with van der Waals surface area (Å²) in [6.07, 6.45) is 0. The molecule has 1 aliphatic heterocycles. The zero-order valence-electron chi connectivity index (χ0n) is 15.1. The Morgan fingerprint density at radius 1 is 1.31 bits per heavy atom. The number of hydrogen-bond acceptors (Lipinski definition) is 7. The summed E-state index contributed by atoms with van der Waals surface area (Å²) in [5.74, 6) is -0.248. The molecule has 0 saturated heterocycles. The minimum atomic E-state index is -0.667. The van der Waals surface area contributed by atoms with Gasteiger partial charge in [0.2, 0.25) is 5.88 Å². The molecule has 0 saturated carbocycles. The van der Waals surface area contributed by atoms with Gasteiger partial charge in [0, 0.05) is 7.11 Å². The normalized spacial score (nSPS) is 16.8. The molecule has 1 heterocycles. The van der Waals surface area contributed by atoms with Crippen LogP contribution in [0.15, 0.2) is 47.1 Å². The third-order valence-electron chi connectivity index (χ3n) is 3.87. The fourth-order valence-corrected chi connectivity index (χ4v) is 2.70. The SMILES string of the molecule is CCOc1ccc(C2C(C#N)=C(N)OC(C)=C2C(=O)OCCOC)cc1. The quantitative estimate of drug-likeness (QED) is 0.589. The molecule has 0 aliphatic carbocycles. The Kier molecular flexibility index (Phi) is 6.64. The topological polar surface area (TPSA) is 104 Å². The van der Waals surface area contributed by atoms with Crippen LogP contribution in [0.1, 0.15) is 25.3 Å². The van der Waals surface area contributed by atoms with Gasteiger partial charge in [-0.1, -0.05) is 12.1 Å². The number of ether oxygens (including phenoxy) is 4. The van der Waals surface area contributed by atoms with Crippen LogP contribution in [0.25, 0.3) is 0 Å². The lowest BCUT2D eigenvalue weighted by atomic mass is 9.83. The van der Waals surface area contributed by atoms with Gasteiger partial charge in [-0.15, -0.1) is 0 Å². The van der Waals surface area contributed by atoms with Gasteiger partial charge in [-0.2, -0.15) is 5.26 Å². The summed E-state index contributed by atoms with van der Waals surface area (Å²) >= 11 is 0. The summed E-state index contributed by atoms with van der Waals surface area (Å²) in [6, 6.07) is 9.19. The number of esters is 1. The Morgan fingerprint density at radius 3 is 2.58 bits per heavy atom. The number of allylic oxidation sites excluding steroid dienone is 2. The molecular formula is C19H22N2O5. The molecule has 138 valence electrons. The van der Waals surface area contributed by atoms with Gasteiger partial charge in [0.15, 0.2) is 0 Å². The van der Waals surface area contributed by atoms with Gasteiger partial charge in [0.25, 0.3) is 0 Å². The van der Waals surface area contributed by atoms with Crippen molar-refractivity contribution in [1.82, 2.24) is 0 Å². The van der Waals surface area contributed by atoms with Crippen LogP contribution in [0.3, 0.4) is 0 Å². The predicted octanol–water partition coefficient (Wildman–Crippen LogP) is 2.36. The van der Waals surface area contributed by atoms with E-state index >= 15 is 0 Å². The van der Waals surface area contributed by atoms with E-state index in [4.69, 9.17) is 24.7 Å². The zero-order chi connectivity index (χ0) is 19.1. The fraction of sp³-hybridized carbons (Fsp3) is 0.368. The fourth-order valence-electron chi connectivity index (χ4n) is 2.70. The molecule has 1 aliphatic rings. The van der Waals surface area contributed by atoms with Gasteiger partial charge in [-0.05, 0) is 31.5 Å². The summed E-state index contributed by atoms with van der Waals surface area (Å²) in [4.78, 5) is 12.6. The molecule has 1 unspecified atom stereocenters. The van der Waals surface area contributed by atoms with E-state index in [1.54, 1.807) is 31.2 Å². The number of rotatable bonds is 7. The molecule has 0 amide bonds. The standard InChI is InChI=1S/C19H22N2O5/c1-4-24-14-7-5-13(6-8-14)17-15(11-20)18(21)26-12(2)16(17)19(22)25-10-9-23-3/h5-8,17H,4,9-10,21H2,1-3H3. The second-order valence-electron chi connectivity index (χ2n) is 5.53. The molecule has 1 atom stereocenters. The Morgan fingerprint density at radius 2 is 2.00 bits per heavy atom. The summed E-state index contributed by atoms with van der Waals surface area (Å²) in [6.45, 7) is 4.43. The Bertz CT molecular complexity index is 759.